The average molecular weight is 252 g/mol. The summed E-state index contributed by atoms with van der Waals surface area (Å²) < 4.78 is 0. The first kappa shape index (κ1) is 14.3. The summed E-state index contributed by atoms with van der Waals surface area (Å²) in [5.74, 6) is 2.73. The van der Waals surface area contributed by atoms with Crippen molar-refractivity contribution >= 4 is 0 Å². The van der Waals surface area contributed by atoms with Crippen LogP contribution in [-0.2, 0) is 0 Å². The van der Waals surface area contributed by atoms with Crippen LogP contribution in [0.5, 0.6) is 0 Å². The highest BCUT2D eigenvalue weighted by atomic mass is 15.2. The first-order valence-corrected chi connectivity index (χ1v) is 8.11. The summed E-state index contributed by atoms with van der Waals surface area (Å²) >= 11 is 0. The van der Waals surface area contributed by atoms with Gasteiger partial charge in [0.2, 0.25) is 0 Å². The lowest BCUT2D eigenvalue weighted by atomic mass is 9.85. The molecule has 2 aliphatic rings. The van der Waals surface area contributed by atoms with Gasteiger partial charge in [0, 0.05) is 12.6 Å². The van der Waals surface area contributed by atoms with E-state index in [-0.39, 0.29) is 0 Å². The Bertz CT molecular complexity index is 235. The van der Waals surface area contributed by atoms with Crippen molar-refractivity contribution in [3.8, 4) is 0 Å². The lowest BCUT2D eigenvalue weighted by molar-refractivity contribution is 0.0765. The van der Waals surface area contributed by atoms with E-state index in [0.717, 1.165) is 23.8 Å². The largest absolute Gasteiger partial charge is 0.316 e. The number of likely N-dealkylation sites (tertiary alicyclic amines) is 1. The minimum absolute atomic E-state index is 0.797. The topological polar surface area (TPSA) is 15.3 Å². The molecule has 4 unspecified atom stereocenters. The molecule has 18 heavy (non-hydrogen) atoms. The predicted octanol–water partition coefficient (Wildman–Crippen LogP) is 3.13. The Labute approximate surface area is 114 Å². The fraction of sp³-hybridized carbons (Fsp3) is 1.00. The molecule has 0 aliphatic carbocycles. The van der Waals surface area contributed by atoms with Crippen molar-refractivity contribution in [3.63, 3.8) is 0 Å². The third kappa shape index (κ3) is 3.96. The molecule has 2 rings (SSSR count). The summed E-state index contributed by atoms with van der Waals surface area (Å²) in [4.78, 5) is 2.75. The Morgan fingerprint density at radius 1 is 1.22 bits per heavy atom. The smallest absolute Gasteiger partial charge is 0.00927 e. The van der Waals surface area contributed by atoms with Crippen LogP contribution in [0, 0.1) is 17.8 Å². The fourth-order valence-corrected chi connectivity index (χ4v) is 3.88. The van der Waals surface area contributed by atoms with E-state index < -0.39 is 0 Å². The van der Waals surface area contributed by atoms with Crippen LogP contribution in [-0.4, -0.2) is 37.1 Å². The number of hydrogen-bond donors (Lipinski definition) is 1. The fourth-order valence-electron chi connectivity index (χ4n) is 3.88. The summed E-state index contributed by atoms with van der Waals surface area (Å²) in [7, 11) is 0. The number of hydrogen-bond acceptors (Lipinski definition) is 2. The van der Waals surface area contributed by atoms with Crippen LogP contribution in [0.1, 0.15) is 52.9 Å². The van der Waals surface area contributed by atoms with Gasteiger partial charge in [0.15, 0.2) is 0 Å². The zero-order chi connectivity index (χ0) is 13.0. The summed E-state index contributed by atoms with van der Waals surface area (Å²) in [5.41, 5.74) is 0. The average Bonchev–Trinajstić information content (AvgIpc) is 2.36. The molecule has 0 amide bonds. The highest BCUT2D eigenvalue weighted by Gasteiger charge is 2.28. The molecule has 4 atom stereocenters. The van der Waals surface area contributed by atoms with Gasteiger partial charge in [-0.05, 0) is 76.4 Å². The highest BCUT2D eigenvalue weighted by molar-refractivity contribution is 4.82. The highest BCUT2D eigenvalue weighted by Crippen LogP contribution is 2.27. The van der Waals surface area contributed by atoms with Crippen molar-refractivity contribution in [2.24, 2.45) is 17.8 Å². The Balaban J connectivity index is 1.68. The number of rotatable bonds is 4. The van der Waals surface area contributed by atoms with E-state index >= 15 is 0 Å². The lowest BCUT2D eigenvalue weighted by Crippen LogP contribution is -2.46. The molecule has 2 fully saturated rings. The molecule has 0 spiro atoms. The standard InChI is InChI=1S/C16H32N2/c1-13-10-14(2)15(3)18(12-13)9-5-7-16-6-4-8-17-11-16/h13-17H,4-12H2,1-3H3. The van der Waals surface area contributed by atoms with Gasteiger partial charge in [0.05, 0.1) is 0 Å². The third-order valence-corrected chi connectivity index (χ3v) is 5.18. The SMILES string of the molecule is CC1CC(C)C(C)N(CCCC2CCCNC2)C1. The van der Waals surface area contributed by atoms with Crippen LogP contribution >= 0.6 is 0 Å². The molecule has 0 saturated carbocycles. The lowest BCUT2D eigenvalue weighted by Gasteiger charge is -2.41. The van der Waals surface area contributed by atoms with Gasteiger partial charge in [-0.25, -0.2) is 0 Å². The number of nitrogens with zero attached hydrogens (tertiary/aromatic N) is 1. The number of piperidine rings is 2. The van der Waals surface area contributed by atoms with Gasteiger partial charge < -0.3 is 10.2 Å². The molecule has 0 bridgehead atoms. The minimum Gasteiger partial charge on any atom is -0.316 e. The second kappa shape index (κ2) is 6.91. The van der Waals surface area contributed by atoms with Crippen LogP contribution in [0.15, 0.2) is 0 Å². The first-order valence-electron chi connectivity index (χ1n) is 8.11. The van der Waals surface area contributed by atoms with Crippen LogP contribution < -0.4 is 5.32 Å². The van der Waals surface area contributed by atoms with Gasteiger partial charge in [-0.3, -0.25) is 0 Å². The van der Waals surface area contributed by atoms with Crippen molar-refractivity contribution in [2.75, 3.05) is 26.2 Å². The Morgan fingerprint density at radius 2 is 2.06 bits per heavy atom. The summed E-state index contributed by atoms with van der Waals surface area (Å²) in [6.07, 6.45) is 7.09. The Hall–Kier alpha value is -0.0800. The molecule has 2 aliphatic heterocycles. The zero-order valence-electron chi connectivity index (χ0n) is 12.6. The van der Waals surface area contributed by atoms with Crippen molar-refractivity contribution in [2.45, 2.75) is 58.9 Å². The van der Waals surface area contributed by atoms with Crippen LogP contribution in [0.25, 0.3) is 0 Å². The molecule has 1 N–H and O–H groups in total. The second-order valence-corrected chi connectivity index (χ2v) is 6.91. The van der Waals surface area contributed by atoms with Gasteiger partial charge in [-0.1, -0.05) is 13.8 Å². The van der Waals surface area contributed by atoms with E-state index in [4.69, 9.17) is 0 Å². The van der Waals surface area contributed by atoms with E-state index in [1.54, 1.807) is 0 Å². The van der Waals surface area contributed by atoms with Crippen LogP contribution in [0.3, 0.4) is 0 Å². The number of nitrogens with one attached hydrogen (secondary N) is 1. The Kier molecular flexibility index (Phi) is 5.50. The molecule has 2 heteroatoms. The molecule has 0 aromatic rings. The summed E-state index contributed by atoms with van der Waals surface area (Å²) in [6.45, 7) is 12.4. The molecule has 2 saturated heterocycles. The maximum absolute atomic E-state index is 3.53. The van der Waals surface area contributed by atoms with E-state index in [1.807, 2.05) is 0 Å². The van der Waals surface area contributed by atoms with Crippen molar-refractivity contribution in [1.82, 2.24) is 10.2 Å². The zero-order valence-corrected chi connectivity index (χ0v) is 12.6. The van der Waals surface area contributed by atoms with E-state index in [0.29, 0.717) is 0 Å². The molecule has 2 nitrogen and oxygen atoms in total. The minimum atomic E-state index is 0.797. The van der Waals surface area contributed by atoms with E-state index in [2.05, 4.69) is 31.0 Å². The first-order chi connectivity index (χ1) is 8.66. The Morgan fingerprint density at radius 3 is 2.78 bits per heavy atom. The summed E-state index contributed by atoms with van der Waals surface area (Å²) in [5, 5.41) is 3.53. The van der Waals surface area contributed by atoms with Crippen molar-refractivity contribution in [1.29, 1.82) is 0 Å². The van der Waals surface area contributed by atoms with E-state index in [1.165, 1.54) is 58.3 Å². The van der Waals surface area contributed by atoms with Gasteiger partial charge in [0.1, 0.15) is 0 Å². The molecule has 106 valence electrons. The maximum Gasteiger partial charge on any atom is 0.00927 e. The molecular formula is C16H32N2. The van der Waals surface area contributed by atoms with Crippen LogP contribution in [0.2, 0.25) is 0 Å². The second-order valence-electron chi connectivity index (χ2n) is 6.91. The predicted molar refractivity (Wildman–Crippen MR) is 78.8 cm³/mol. The summed E-state index contributed by atoms with van der Waals surface area (Å²) in [6, 6.07) is 0.797. The van der Waals surface area contributed by atoms with Gasteiger partial charge in [-0.15, -0.1) is 0 Å². The molecule has 0 aromatic heterocycles. The van der Waals surface area contributed by atoms with Gasteiger partial charge in [-0.2, -0.15) is 0 Å². The maximum atomic E-state index is 3.53. The molecule has 2 heterocycles. The molecule has 0 aromatic carbocycles. The molecular weight excluding hydrogens is 220 g/mol. The third-order valence-electron chi connectivity index (χ3n) is 5.18. The van der Waals surface area contributed by atoms with Gasteiger partial charge in [0.25, 0.3) is 0 Å². The normalized spacial score (nSPS) is 38.8. The van der Waals surface area contributed by atoms with E-state index in [9.17, 15) is 0 Å². The monoisotopic (exact) mass is 252 g/mol. The quantitative estimate of drug-likeness (QED) is 0.827. The van der Waals surface area contributed by atoms with Crippen molar-refractivity contribution < 1.29 is 0 Å². The van der Waals surface area contributed by atoms with Gasteiger partial charge >= 0.3 is 0 Å². The van der Waals surface area contributed by atoms with Crippen LogP contribution in [0.4, 0.5) is 0 Å². The van der Waals surface area contributed by atoms with Crippen molar-refractivity contribution in [3.05, 3.63) is 0 Å². The molecule has 0 radical (unpaired) electrons.